The molecule has 5 heteroatoms. The van der Waals surface area contributed by atoms with Crippen molar-refractivity contribution in [3.8, 4) is 5.75 Å². The Hall–Kier alpha value is -2.56. The molecule has 1 amide bonds. The van der Waals surface area contributed by atoms with Crippen LogP contribution in [0, 0.1) is 6.92 Å². The number of anilines is 2. The summed E-state index contributed by atoms with van der Waals surface area (Å²) in [5.41, 5.74) is 2.59. The molecule has 1 aromatic heterocycles. The minimum Gasteiger partial charge on any atom is -0.508 e. The fraction of sp³-hybridized carbons (Fsp3) is 0.200. The van der Waals surface area contributed by atoms with Gasteiger partial charge in [0.2, 0.25) is 5.91 Å². The van der Waals surface area contributed by atoms with Gasteiger partial charge in [-0.25, -0.2) is 4.98 Å². The number of aromatic nitrogens is 1. The third-order valence-corrected chi connectivity index (χ3v) is 3.30. The number of aromatic hydroxyl groups is 1. The van der Waals surface area contributed by atoms with Crippen LogP contribution in [-0.2, 0) is 11.2 Å². The lowest BCUT2D eigenvalue weighted by atomic mass is 10.0. The highest BCUT2D eigenvalue weighted by Gasteiger charge is 2.26. The number of nitrogens with one attached hydrogen (secondary N) is 2. The molecule has 5 nitrogen and oxygen atoms in total. The Morgan fingerprint density at radius 1 is 1.20 bits per heavy atom. The molecule has 102 valence electrons. The lowest BCUT2D eigenvalue weighted by Gasteiger charge is -2.26. The van der Waals surface area contributed by atoms with E-state index in [4.69, 9.17) is 0 Å². The monoisotopic (exact) mass is 269 g/mol. The van der Waals surface area contributed by atoms with Crippen LogP contribution in [0.1, 0.15) is 11.3 Å². The number of hydrogen-bond acceptors (Lipinski definition) is 4. The zero-order valence-corrected chi connectivity index (χ0v) is 11.1. The van der Waals surface area contributed by atoms with E-state index < -0.39 is 0 Å². The number of aryl methyl sites for hydroxylation is 1. The summed E-state index contributed by atoms with van der Waals surface area (Å²) in [5, 5.41) is 15.3. The Kier molecular flexibility index (Phi) is 3.02. The highest BCUT2D eigenvalue weighted by Crippen LogP contribution is 2.25. The van der Waals surface area contributed by atoms with E-state index >= 15 is 0 Å². The number of rotatable bonds is 2. The van der Waals surface area contributed by atoms with Crippen molar-refractivity contribution >= 4 is 17.4 Å². The lowest BCUT2D eigenvalue weighted by Crippen LogP contribution is -2.40. The maximum Gasteiger partial charge on any atom is 0.247 e. The smallest absolute Gasteiger partial charge is 0.247 e. The van der Waals surface area contributed by atoms with Crippen molar-refractivity contribution in [2.45, 2.75) is 19.4 Å². The number of carbonyl (C=O) groups excluding carboxylic acids is 1. The first-order valence-electron chi connectivity index (χ1n) is 6.45. The van der Waals surface area contributed by atoms with Crippen molar-refractivity contribution in [3.63, 3.8) is 0 Å². The predicted octanol–water partition coefficient (Wildman–Crippen LogP) is 2.07. The fourth-order valence-electron chi connectivity index (χ4n) is 2.23. The summed E-state index contributed by atoms with van der Waals surface area (Å²) in [4.78, 5) is 16.5. The van der Waals surface area contributed by atoms with E-state index in [1.54, 1.807) is 12.1 Å². The summed E-state index contributed by atoms with van der Waals surface area (Å²) >= 11 is 0. The first-order chi connectivity index (χ1) is 9.61. The molecule has 0 spiro atoms. The Balaban J connectivity index is 1.81. The molecule has 0 aliphatic carbocycles. The second-order valence-electron chi connectivity index (χ2n) is 4.91. The van der Waals surface area contributed by atoms with E-state index in [1.165, 1.54) is 0 Å². The van der Waals surface area contributed by atoms with Gasteiger partial charge in [-0.15, -0.1) is 0 Å². The van der Waals surface area contributed by atoms with Crippen molar-refractivity contribution < 1.29 is 9.90 Å². The Labute approximate surface area is 116 Å². The van der Waals surface area contributed by atoms with Gasteiger partial charge in [0.15, 0.2) is 5.82 Å². The maximum absolute atomic E-state index is 12.1. The van der Waals surface area contributed by atoms with Gasteiger partial charge in [0.05, 0.1) is 5.69 Å². The van der Waals surface area contributed by atoms with Gasteiger partial charge in [0.25, 0.3) is 0 Å². The molecule has 0 bridgehead atoms. The van der Waals surface area contributed by atoms with E-state index in [0.717, 1.165) is 11.3 Å². The molecule has 0 saturated heterocycles. The number of pyridine rings is 1. The summed E-state index contributed by atoms with van der Waals surface area (Å²) in [6.45, 7) is 1.91. The summed E-state index contributed by atoms with van der Waals surface area (Å²) in [6.07, 6.45) is 0.543. The molecule has 0 saturated carbocycles. The molecule has 1 atom stereocenters. The van der Waals surface area contributed by atoms with Crippen LogP contribution < -0.4 is 10.6 Å². The SMILES string of the molecule is Cc1ccc2c(n1)NC(Cc1ccc(O)cc1)C(=O)N2. The number of carbonyl (C=O) groups is 1. The van der Waals surface area contributed by atoms with Crippen LogP contribution >= 0.6 is 0 Å². The van der Waals surface area contributed by atoms with Crippen LogP contribution in [0.4, 0.5) is 11.5 Å². The molecule has 1 aromatic carbocycles. The van der Waals surface area contributed by atoms with E-state index in [2.05, 4.69) is 15.6 Å². The van der Waals surface area contributed by atoms with Crippen molar-refractivity contribution in [2.24, 2.45) is 0 Å². The van der Waals surface area contributed by atoms with Gasteiger partial charge >= 0.3 is 0 Å². The molecule has 1 aliphatic rings. The topological polar surface area (TPSA) is 74.2 Å². The zero-order valence-electron chi connectivity index (χ0n) is 11.1. The zero-order chi connectivity index (χ0) is 14.1. The van der Waals surface area contributed by atoms with Gasteiger partial charge in [-0.1, -0.05) is 12.1 Å². The second kappa shape index (κ2) is 4.85. The number of benzene rings is 1. The number of hydrogen-bond donors (Lipinski definition) is 3. The van der Waals surface area contributed by atoms with E-state index in [9.17, 15) is 9.90 Å². The molecule has 0 fully saturated rings. The Morgan fingerprint density at radius 3 is 2.70 bits per heavy atom. The number of phenols is 1. The third-order valence-electron chi connectivity index (χ3n) is 3.30. The predicted molar refractivity (Wildman–Crippen MR) is 76.8 cm³/mol. The molecule has 3 N–H and O–H groups in total. The van der Waals surface area contributed by atoms with Gasteiger partial charge < -0.3 is 15.7 Å². The van der Waals surface area contributed by atoms with E-state index in [0.29, 0.717) is 17.9 Å². The first-order valence-corrected chi connectivity index (χ1v) is 6.45. The minimum atomic E-state index is -0.360. The molecule has 2 heterocycles. The van der Waals surface area contributed by atoms with Crippen molar-refractivity contribution in [1.29, 1.82) is 0 Å². The molecule has 1 unspecified atom stereocenters. The summed E-state index contributed by atoms with van der Waals surface area (Å²) in [5.74, 6) is 0.849. The second-order valence-corrected chi connectivity index (χ2v) is 4.91. The van der Waals surface area contributed by atoms with Crippen LogP contribution in [-0.4, -0.2) is 22.0 Å². The molecule has 2 aromatic rings. The molecule has 20 heavy (non-hydrogen) atoms. The van der Waals surface area contributed by atoms with E-state index in [1.807, 2.05) is 31.2 Å². The summed E-state index contributed by atoms with van der Waals surface area (Å²) < 4.78 is 0. The highest BCUT2D eigenvalue weighted by atomic mass is 16.3. The Morgan fingerprint density at radius 2 is 1.95 bits per heavy atom. The fourth-order valence-corrected chi connectivity index (χ4v) is 2.23. The van der Waals surface area contributed by atoms with Gasteiger partial charge in [-0.05, 0) is 36.8 Å². The van der Waals surface area contributed by atoms with Crippen molar-refractivity contribution in [3.05, 3.63) is 47.7 Å². The van der Waals surface area contributed by atoms with Crippen LogP contribution in [0.25, 0.3) is 0 Å². The quantitative estimate of drug-likeness (QED) is 0.780. The standard InChI is InChI=1S/C15H15N3O2/c1-9-2-7-12-14(16-9)17-13(15(20)18-12)8-10-3-5-11(19)6-4-10/h2-7,13,19H,8H2,1H3,(H,16,17)(H,18,20). The number of nitrogens with zero attached hydrogens (tertiary/aromatic N) is 1. The molecular formula is C15H15N3O2. The van der Waals surface area contributed by atoms with Crippen LogP contribution in [0.5, 0.6) is 5.75 Å². The molecular weight excluding hydrogens is 254 g/mol. The van der Waals surface area contributed by atoms with E-state index in [-0.39, 0.29) is 17.7 Å². The van der Waals surface area contributed by atoms with Crippen molar-refractivity contribution in [2.75, 3.05) is 10.6 Å². The Bertz CT molecular complexity index is 653. The van der Waals surface area contributed by atoms with Crippen molar-refractivity contribution in [1.82, 2.24) is 4.98 Å². The summed E-state index contributed by atoms with van der Waals surface area (Å²) in [7, 11) is 0. The molecule has 1 aliphatic heterocycles. The summed E-state index contributed by atoms with van der Waals surface area (Å²) in [6, 6.07) is 10.2. The third kappa shape index (κ3) is 2.42. The molecule has 3 rings (SSSR count). The molecule has 0 radical (unpaired) electrons. The highest BCUT2D eigenvalue weighted by molar-refractivity contribution is 6.02. The number of fused-ring (bicyclic) bond motifs is 1. The van der Waals surface area contributed by atoms with Gasteiger partial charge in [0, 0.05) is 12.1 Å². The minimum absolute atomic E-state index is 0.0729. The van der Waals surface area contributed by atoms with Crippen LogP contribution in [0.15, 0.2) is 36.4 Å². The van der Waals surface area contributed by atoms with Crippen LogP contribution in [0.3, 0.4) is 0 Å². The maximum atomic E-state index is 12.1. The lowest BCUT2D eigenvalue weighted by molar-refractivity contribution is -0.117. The number of phenolic OH excluding ortho intramolecular Hbond substituents is 1. The number of amides is 1. The average molecular weight is 269 g/mol. The first kappa shape index (κ1) is 12.5. The van der Waals surface area contributed by atoms with Gasteiger partial charge in [-0.2, -0.15) is 0 Å². The van der Waals surface area contributed by atoms with Crippen LogP contribution in [0.2, 0.25) is 0 Å². The van der Waals surface area contributed by atoms with Gasteiger partial charge in [0.1, 0.15) is 11.8 Å². The van der Waals surface area contributed by atoms with Gasteiger partial charge in [-0.3, -0.25) is 4.79 Å². The average Bonchev–Trinajstić information content (AvgIpc) is 2.42. The largest absolute Gasteiger partial charge is 0.508 e. The normalized spacial score (nSPS) is 17.1.